The average molecular weight is 416 g/mol. The van der Waals surface area contributed by atoms with Gasteiger partial charge in [-0.25, -0.2) is 18.4 Å². The molecule has 1 N–H and O–H groups in total. The number of rotatable bonds is 5. The Balaban J connectivity index is 1.21. The molecule has 2 fully saturated rings. The lowest BCUT2D eigenvalue weighted by atomic mass is 9.85. The van der Waals surface area contributed by atoms with E-state index in [1.54, 1.807) is 17.6 Å². The number of aromatic nitrogens is 5. The van der Waals surface area contributed by atoms with Crippen LogP contribution in [0, 0.1) is 0 Å². The Morgan fingerprint density at radius 3 is 2.69 bits per heavy atom. The first-order chi connectivity index (χ1) is 14.0. The van der Waals surface area contributed by atoms with Gasteiger partial charge in [-0.05, 0) is 25.8 Å². The van der Waals surface area contributed by atoms with Crippen LogP contribution in [0.3, 0.4) is 0 Å². The summed E-state index contributed by atoms with van der Waals surface area (Å²) >= 11 is 0. The zero-order chi connectivity index (χ0) is 20.0. The highest BCUT2D eigenvalue weighted by Crippen LogP contribution is 2.37. The number of hydrogen-bond donors (Lipinski definition) is 1. The monoisotopic (exact) mass is 415 g/mol. The van der Waals surface area contributed by atoms with Crippen molar-refractivity contribution in [3.05, 3.63) is 31.0 Å². The number of piperazine rings is 1. The summed E-state index contributed by atoms with van der Waals surface area (Å²) in [5.41, 5.74) is 2.72. The van der Waals surface area contributed by atoms with Crippen molar-refractivity contribution >= 4 is 21.1 Å². The van der Waals surface area contributed by atoms with Crippen molar-refractivity contribution in [2.45, 2.75) is 31.8 Å². The number of sulfonamides is 1. The second-order valence-electron chi connectivity index (χ2n) is 7.79. The molecule has 5 rings (SSSR count). The predicted molar refractivity (Wildman–Crippen MR) is 110 cm³/mol. The van der Waals surface area contributed by atoms with Crippen LogP contribution in [-0.2, 0) is 10.0 Å². The van der Waals surface area contributed by atoms with Gasteiger partial charge in [0.1, 0.15) is 12.0 Å². The van der Waals surface area contributed by atoms with E-state index in [9.17, 15) is 8.42 Å². The summed E-state index contributed by atoms with van der Waals surface area (Å²) in [6, 6.07) is 2.88. The van der Waals surface area contributed by atoms with Crippen molar-refractivity contribution < 1.29 is 8.42 Å². The molecule has 29 heavy (non-hydrogen) atoms. The molecule has 3 aromatic rings. The summed E-state index contributed by atoms with van der Waals surface area (Å²) in [6.45, 7) is 4.53. The second kappa shape index (κ2) is 7.19. The van der Waals surface area contributed by atoms with Crippen molar-refractivity contribution in [2.24, 2.45) is 0 Å². The first kappa shape index (κ1) is 18.7. The van der Waals surface area contributed by atoms with E-state index in [4.69, 9.17) is 0 Å². The van der Waals surface area contributed by atoms with Crippen LogP contribution in [0.5, 0.6) is 0 Å². The molecule has 2 aliphatic rings. The maximum absolute atomic E-state index is 12.0. The van der Waals surface area contributed by atoms with Gasteiger partial charge in [0.25, 0.3) is 0 Å². The predicted octanol–water partition coefficient (Wildman–Crippen LogP) is 1.49. The van der Waals surface area contributed by atoms with Crippen LogP contribution >= 0.6 is 0 Å². The molecule has 0 atom stereocenters. The first-order valence-corrected chi connectivity index (χ1v) is 11.7. The molecule has 10 heteroatoms. The largest absolute Gasteiger partial charge is 0.346 e. The van der Waals surface area contributed by atoms with Crippen LogP contribution in [0.25, 0.3) is 22.3 Å². The van der Waals surface area contributed by atoms with E-state index >= 15 is 0 Å². The van der Waals surface area contributed by atoms with E-state index in [2.05, 4.69) is 31.1 Å². The Labute approximate surface area is 169 Å². The summed E-state index contributed by atoms with van der Waals surface area (Å²) in [6.07, 6.45) is 9.48. The van der Waals surface area contributed by atoms with Gasteiger partial charge in [0.15, 0.2) is 0 Å². The molecule has 0 radical (unpaired) electrons. The Morgan fingerprint density at radius 1 is 1.14 bits per heavy atom. The Hall–Kier alpha value is -2.30. The lowest BCUT2D eigenvalue weighted by Crippen LogP contribution is -2.55. The van der Waals surface area contributed by atoms with Crippen molar-refractivity contribution in [1.29, 1.82) is 0 Å². The second-order valence-corrected chi connectivity index (χ2v) is 10.0. The highest BCUT2D eigenvalue weighted by molar-refractivity contribution is 7.89. The minimum absolute atomic E-state index is 0.182. The van der Waals surface area contributed by atoms with Gasteiger partial charge in [-0.15, -0.1) is 0 Å². The third-order valence-electron chi connectivity index (χ3n) is 6.24. The van der Waals surface area contributed by atoms with Crippen LogP contribution in [0.15, 0.2) is 31.0 Å². The maximum Gasteiger partial charge on any atom is 0.213 e. The van der Waals surface area contributed by atoms with Crippen molar-refractivity contribution in [3.8, 4) is 11.3 Å². The highest BCUT2D eigenvalue weighted by Gasteiger charge is 2.37. The van der Waals surface area contributed by atoms with Crippen LogP contribution < -0.4 is 0 Å². The molecular weight excluding hydrogens is 390 g/mol. The van der Waals surface area contributed by atoms with Crippen LogP contribution in [0.2, 0.25) is 0 Å². The summed E-state index contributed by atoms with van der Waals surface area (Å²) in [5.74, 6) is 0.182. The Bertz CT molecular complexity index is 1110. The van der Waals surface area contributed by atoms with Crippen LogP contribution in [0.4, 0.5) is 0 Å². The van der Waals surface area contributed by atoms with Gasteiger partial charge in [-0.3, -0.25) is 9.58 Å². The van der Waals surface area contributed by atoms with E-state index in [1.165, 1.54) is 0 Å². The van der Waals surface area contributed by atoms with Gasteiger partial charge in [-0.1, -0.05) is 0 Å². The molecule has 0 amide bonds. The molecule has 0 spiro atoms. The van der Waals surface area contributed by atoms with E-state index in [1.807, 2.05) is 23.1 Å². The van der Waals surface area contributed by atoms with E-state index in [0.29, 0.717) is 25.2 Å². The molecule has 0 unspecified atom stereocenters. The Kier molecular flexibility index (Phi) is 4.64. The van der Waals surface area contributed by atoms with Crippen molar-refractivity contribution in [1.82, 2.24) is 33.9 Å². The first-order valence-electron chi connectivity index (χ1n) is 10.1. The minimum atomic E-state index is -3.07. The van der Waals surface area contributed by atoms with Crippen LogP contribution in [0.1, 0.15) is 25.8 Å². The number of nitrogens with zero attached hydrogens (tertiary/aromatic N) is 6. The molecule has 1 saturated heterocycles. The van der Waals surface area contributed by atoms with Gasteiger partial charge in [0, 0.05) is 55.6 Å². The molecule has 3 aromatic heterocycles. The summed E-state index contributed by atoms with van der Waals surface area (Å²) in [7, 11) is -3.07. The average Bonchev–Trinajstić information content (AvgIpc) is 3.37. The summed E-state index contributed by atoms with van der Waals surface area (Å²) < 4.78 is 27.7. The van der Waals surface area contributed by atoms with Crippen molar-refractivity contribution in [2.75, 3.05) is 31.9 Å². The zero-order valence-electron chi connectivity index (χ0n) is 16.4. The molecule has 9 nitrogen and oxygen atoms in total. The van der Waals surface area contributed by atoms with Gasteiger partial charge >= 0.3 is 0 Å². The number of hydrogen-bond acceptors (Lipinski definition) is 6. The fourth-order valence-electron chi connectivity index (χ4n) is 4.37. The zero-order valence-corrected chi connectivity index (χ0v) is 17.2. The number of fused-ring (bicyclic) bond motifs is 1. The molecular formula is C19H25N7O2S. The molecule has 1 aliphatic heterocycles. The molecule has 154 valence electrons. The smallest absolute Gasteiger partial charge is 0.213 e. The topological polar surface area (TPSA) is 100 Å². The molecule has 0 bridgehead atoms. The SMILES string of the molecule is CCS(=O)(=O)N1CCN(C2CC(n3cc(-c4ncnc5[nH]ccc45)cn3)C2)CC1. The molecule has 0 aromatic carbocycles. The van der Waals surface area contributed by atoms with Gasteiger partial charge in [0.05, 0.1) is 23.7 Å². The van der Waals surface area contributed by atoms with Gasteiger partial charge in [0.2, 0.25) is 10.0 Å². The lowest BCUT2D eigenvalue weighted by molar-refractivity contribution is 0.0520. The number of aromatic amines is 1. The quantitative estimate of drug-likeness (QED) is 0.678. The number of nitrogens with one attached hydrogen (secondary N) is 1. The van der Waals surface area contributed by atoms with Gasteiger partial charge < -0.3 is 4.98 Å². The van der Waals surface area contributed by atoms with E-state index < -0.39 is 10.0 Å². The van der Waals surface area contributed by atoms with E-state index in [-0.39, 0.29) is 5.75 Å². The third kappa shape index (κ3) is 3.34. The van der Waals surface area contributed by atoms with Crippen LogP contribution in [-0.4, -0.2) is 80.3 Å². The molecule has 4 heterocycles. The minimum Gasteiger partial charge on any atom is -0.346 e. The van der Waals surface area contributed by atoms with E-state index in [0.717, 1.165) is 48.2 Å². The Morgan fingerprint density at radius 2 is 1.93 bits per heavy atom. The highest BCUT2D eigenvalue weighted by atomic mass is 32.2. The number of H-pyrrole nitrogens is 1. The lowest BCUT2D eigenvalue weighted by Gasteiger charge is -2.46. The maximum atomic E-state index is 12.0. The summed E-state index contributed by atoms with van der Waals surface area (Å²) in [5, 5.41) is 5.58. The summed E-state index contributed by atoms with van der Waals surface area (Å²) in [4.78, 5) is 14.2. The standard InChI is InChI=1S/C19H25N7O2S/c1-2-29(27,28)25-7-5-24(6-8-25)15-9-16(10-15)26-12-14(11-23-26)18-17-3-4-20-19(17)22-13-21-18/h3-4,11-13,15-16H,2,5-10H2,1H3,(H,20,21,22). The van der Waals surface area contributed by atoms with Gasteiger partial charge in [-0.2, -0.15) is 9.40 Å². The third-order valence-corrected chi connectivity index (χ3v) is 8.12. The fraction of sp³-hybridized carbons (Fsp3) is 0.526. The van der Waals surface area contributed by atoms with Crippen molar-refractivity contribution in [3.63, 3.8) is 0 Å². The normalized spacial score (nSPS) is 24.0. The molecule has 1 saturated carbocycles. The fourth-order valence-corrected chi connectivity index (χ4v) is 5.45. The molecule has 1 aliphatic carbocycles.